The molecule has 0 aliphatic heterocycles. The number of nitrogens with zero attached hydrogens (tertiary/aromatic N) is 2. The van der Waals surface area contributed by atoms with E-state index in [0.717, 1.165) is 22.7 Å². The standard InChI is InChI=1S/C13H17N3O/c1-3-17-13-5-4-12(14)8-11(13)9-16-10(2)6-7-15-16/h4-8H,3,9,14H2,1-2H3. The van der Waals surface area contributed by atoms with Gasteiger partial charge in [-0.15, -0.1) is 0 Å². The van der Waals surface area contributed by atoms with Crippen molar-refractivity contribution in [3.8, 4) is 5.75 Å². The molecule has 0 bridgehead atoms. The highest BCUT2D eigenvalue weighted by molar-refractivity contribution is 5.48. The normalized spacial score (nSPS) is 10.5. The molecule has 0 aliphatic rings. The van der Waals surface area contributed by atoms with Crippen molar-refractivity contribution in [2.24, 2.45) is 0 Å². The van der Waals surface area contributed by atoms with Crippen LogP contribution >= 0.6 is 0 Å². The number of hydrogen-bond donors (Lipinski definition) is 1. The summed E-state index contributed by atoms with van der Waals surface area (Å²) in [5, 5.41) is 4.26. The van der Waals surface area contributed by atoms with Crippen LogP contribution in [0.25, 0.3) is 0 Å². The first kappa shape index (κ1) is 11.5. The number of aromatic nitrogens is 2. The van der Waals surface area contributed by atoms with E-state index in [0.29, 0.717) is 13.2 Å². The number of aryl methyl sites for hydroxylation is 1. The third kappa shape index (κ3) is 2.58. The van der Waals surface area contributed by atoms with Gasteiger partial charge in [0.05, 0.1) is 13.2 Å². The van der Waals surface area contributed by atoms with Crippen LogP contribution in [0, 0.1) is 6.92 Å². The first-order valence-electron chi connectivity index (χ1n) is 5.70. The van der Waals surface area contributed by atoms with Gasteiger partial charge in [0.25, 0.3) is 0 Å². The molecule has 0 aliphatic carbocycles. The van der Waals surface area contributed by atoms with Gasteiger partial charge in [-0.25, -0.2) is 0 Å². The molecule has 2 rings (SSSR count). The summed E-state index contributed by atoms with van der Waals surface area (Å²) >= 11 is 0. The van der Waals surface area contributed by atoms with Crippen LogP contribution in [0.15, 0.2) is 30.5 Å². The fraction of sp³-hybridized carbons (Fsp3) is 0.308. The maximum absolute atomic E-state index is 5.81. The minimum atomic E-state index is 0.648. The molecule has 4 nitrogen and oxygen atoms in total. The largest absolute Gasteiger partial charge is 0.494 e. The predicted molar refractivity (Wildman–Crippen MR) is 68.1 cm³/mol. The quantitative estimate of drug-likeness (QED) is 0.821. The number of anilines is 1. The summed E-state index contributed by atoms with van der Waals surface area (Å²) in [7, 11) is 0. The van der Waals surface area contributed by atoms with Crippen molar-refractivity contribution < 1.29 is 4.74 Å². The molecule has 0 amide bonds. The second-order valence-electron chi connectivity index (χ2n) is 3.93. The van der Waals surface area contributed by atoms with Gasteiger partial charge in [-0.3, -0.25) is 4.68 Å². The monoisotopic (exact) mass is 231 g/mol. The first-order chi connectivity index (χ1) is 8.20. The highest BCUT2D eigenvalue weighted by Crippen LogP contribution is 2.22. The van der Waals surface area contributed by atoms with Crippen LogP contribution in [-0.4, -0.2) is 16.4 Å². The zero-order valence-electron chi connectivity index (χ0n) is 10.2. The Kier molecular flexibility index (Phi) is 3.32. The molecule has 0 atom stereocenters. The Hall–Kier alpha value is -1.97. The predicted octanol–water partition coefficient (Wildman–Crippen LogP) is 2.22. The molecular weight excluding hydrogens is 214 g/mol. The second kappa shape index (κ2) is 4.91. The Morgan fingerprint density at radius 1 is 1.35 bits per heavy atom. The van der Waals surface area contributed by atoms with Gasteiger partial charge in [0.1, 0.15) is 5.75 Å². The molecule has 2 N–H and O–H groups in total. The van der Waals surface area contributed by atoms with E-state index in [1.165, 1.54) is 0 Å². The summed E-state index contributed by atoms with van der Waals surface area (Å²) < 4.78 is 7.51. The first-order valence-corrected chi connectivity index (χ1v) is 5.70. The smallest absolute Gasteiger partial charge is 0.124 e. The van der Waals surface area contributed by atoms with E-state index in [-0.39, 0.29) is 0 Å². The number of nitrogens with two attached hydrogens (primary N) is 1. The molecule has 90 valence electrons. The lowest BCUT2D eigenvalue weighted by Gasteiger charge is -2.12. The maximum atomic E-state index is 5.81. The molecule has 0 unspecified atom stereocenters. The van der Waals surface area contributed by atoms with Gasteiger partial charge in [0, 0.05) is 23.1 Å². The van der Waals surface area contributed by atoms with E-state index in [1.54, 1.807) is 6.20 Å². The fourth-order valence-corrected chi connectivity index (χ4v) is 1.74. The van der Waals surface area contributed by atoms with E-state index in [1.807, 2.05) is 42.8 Å². The summed E-state index contributed by atoms with van der Waals surface area (Å²) in [4.78, 5) is 0. The summed E-state index contributed by atoms with van der Waals surface area (Å²) in [6.45, 7) is 5.33. The minimum Gasteiger partial charge on any atom is -0.494 e. The Bertz CT molecular complexity index is 505. The molecule has 0 fully saturated rings. The van der Waals surface area contributed by atoms with E-state index in [2.05, 4.69) is 5.10 Å². The number of benzene rings is 1. The average molecular weight is 231 g/mol. The van der Waals surface area contributed by atoms with Crippen molar-refractivity contribution in [3.05, 3.63) is 41.7 Å². The van der Waals surface area contributed by atoms with Crippen LogP contribution < -0.4 is 10.5 Å². The lowest BCUT2D eigenvalue weighted by Crippen LogP contribution is -2.06. The number of nitrogen functional groups attached to an aromatic ring is 1. The van der Waals surface area contributed by atoms with Crippen molar-refractivity contribution in [1.82, 2.24) is 9.78 Å². The Morgan fingerprint density at radius 2 is 2.18 bits per heavy atom. The molecule has 1 aromatic carbocycles. The Labute approximate surface area is 101 Å². The van der Waals surface area contributed by atoms with Crippen LogP contribution in [0.1, 0.15) is 18.2 Å². The van der Waals surface area contributed by atoms with Crippen molar-refractivity contribution in [2.45, 2.75) is 20.4 Å². The topological polar surface area (TPSA) is 53.1 Å². The molecule has 0 radical (unpaired) electrons. The molecule has 1 aromatic heterocycles. The van der Waals surface area contributed by atoms with Crippen LogP contribution in [0.5, 0.6) is 5.75 Å². The lowest BCUT2D eigenvalue weighted by atomic mass is 10.1. The molecule has 0 saturated carbocycles. The average Bonchev–Trinajstić information content (AvgIpc) is 2.69. The van der Waals surface area contributed by atoms with Crippen LogP contribution in [-0.2, 0) is 6.54 Å². The molecular formula is C13H17N3O. The van der Waals surface area contributed by atoms with Crippen molar-refractivity contribution >= 4 is 5.69 Å². The molecule has 4 heteroatoms. The van der Waals surface area contributed by atoms with Crippen molar-refractivity contribution in [1.29, 1.82) is 0 Å². The zero-order valence-corrected chi connectivity index (χ0v) is 10.2. The maximum Gasteiger partial charge on any atom is 0.124 e. The Morgan fingerprint density at radius 3 is 2.82 bits per heavy atom. The summed E-state index contributed by atoms with van der Waals surface area (Å²) in [6, 6.07) is 7.68. The number of rotatable bonds is 4. The SMILES string of the molecule is CCOc1ccc(N)cc1Cn1nccc1C. The van der Waals surface area contributed by atoms with E-state index in [9.17, 15) is 0 Å². The van der Waals surface area contributed by atoms with Gasteiger partial charge in [-0.05, 0) is 38.1 Å². The Balaban J connectivity index is 2.30. The molecule has 17 heavy (non-hydrogen) atoms. The zero-order chi connectivity index (χ0) is 12.3. The number of hydrogen-bond acceptors (Lipinski definition) is 3. The van der Waals surface area contributed by atoms with E-state index in [4.69, 9.17) is 10.5 Å². The van der Waals surface area contributed by atoms with E-state index < -0.39 is 0 Å². The van der Waals surface area contributed by atoms with Gasteiger partial charge in [-0.1, -0.05) is 0 Å². The molecule has 1 heterocycles. The number of ether oxygens (including phenoxy) is 1. The third-order valence-electron chi connectivity index (χ3n) is 2.63. The highest BCUT2D eigenvalue weighted by atomic mass is 16.5. The van der Waals surface area contributed by atoms with Gasteiger partial charge in [0.2, 0.25) is 0 Å². The van der Waals surface area contributed by atoms with Crippen LogP contribution in [0.2, 0.25) is 0 Å². The molecule has 2 aromatic rings. The summed E-state index contributed by atoms with van der Waals surface area (Å²) in [5.41, 5.74) is 8.72. The lowest BCUT2D eigenvalue weighted by molar-refractivity contribution is 0.335. The van der Waals surface area contributed by atoms with Crippen LogP contribution in [0.4, 0.5) is 5.69 Å². The third-order valence-corrected chi connectivity index (χ3v) is 2.63. The second-order valence-corrected chi connectivity index (χ2v) is 3.93. The van der Waals surface area contributed by atoms with Gasteiger partial charge in [0.15, 0.2) is 0 Å². The van der Waals surface area contributed by atoms with Gasteiger partial charge < -0.3 is 10.5 Å². The highest BCUT2D eigenvalue weighted by Gasteiger charge is 2.06. The molecule has 0 spiro atoms. The minimum absolute atomic E-state index is 0.648. The van der Waals surface area contributed by atoms with Gasteiger partial charge >= 0.3 is 0 Å². The van der Waals surface area contributed by atoms with Gasteiger partial charge in [-0.2, -0.15) is 5.10 Å². The van der Waals surface area contributed by atoms with Crippen molar-refractivity contribution in [2.75, 3.05) is 12.3 Å². The van der Waals surface area contributed by atoms with Crippen molar-refractivity contribution in [3.63, 3.8) is 0 Å². The molecule has 0 saturated heterocycles. The summed E-state index contributed by atoms with van der Waals surface area (Å²) in [5.74, 6) is 0.872. The fourth-order valence-electron chi connectivity index (χ4n) is 1.74. The van der Waals surface area contributed by atoms with Crippen LogP contribution in [0.3, 0.4) is 0 Å². The summed E-state index contributed by atoms with van der Waals surface area (Å²) in [6.07, 6.45) is 1.79. The van der Waals surface area contributed by atoms with E-state index >= 15 is 0 Å².